The molecule has 0 bridgehead atoms. The van der Waals surface area contributed by atoms with E-state index in [-0.39, 0.29) is 19.0 Å². The standard InChI is InChI=1S/C19H20F3N3O2/c1-3-12-5-4-6-13(9-12)23-16(26)10-25(2)11-17(27)24-15-8-7-14(20)18(21)19(15)22/h4-9H,3,10-11H2,1-2H3,(H,23,26)(H,24,27). The summed E-state index contributed by atoms with van der Waals surface area (Å²) in [6.45, 7) is 1.69. The molecular weight excluding hydrogens is 359 g/mol. The third-order valence-corrected chi connectivity index (χ3v) is 3.76. The van der Waals surface area contributed by atoms with Crippen LogP contribution in [0, 0.1) is 17.5 Å². The highest BCUT2D eigenvalue weighted by atomic mass is 19.2. The SMILES string of the molecule is CCc1cccc(NC(=O)CN(C)CC(=O)Nc2ccc(F)c(F)c2F)c1. The lowest BCUT2D eigenvalue weighted by Crippen LogP contribution is -2.36. The molecule has 27 heavy (non-hydrogen) atoms. The van der Waals surface area contributed by atoms with Gasteiger partial charge in [-0.3, -0.25) is 14.5 Å². The van der Waals surface area contributed by atoms with Crippen molar-refractivity contribution < 1.29 is 22.8 Å². The van der Waals surface area contributed by atoms with E-state index in [2.05, 4.69) is 10.6 Å². The third-order valence-electron chi connectivity index (χ3n) is 3.76. The van der Waals surface area contributed by atoms with Crippen molar-refractivity contribution in [2.45, 2.75) is 13.3 Å². The molecule has 144 valence electrons. The summed E-state index contributed by atoms with van der Waals surface area (Å²) in [7, 11) is 1.53. The van der Waals surface area contributed by atoms with Gasteiger partial charge in [0.25, 0.3) is 0 Å². The van der Waals surface area contributed by atoms with Crippen molar-refractivity contribution in [3.8, 4) is 0 Å². The number of nitrogens with zero attached hydrogens (tertiary/aromatic N) is 1. The van der Waals surface area contributed by atoms with Crippen LogP contribution in [0.1, 0.15) is 12.5 Å². The molecule has 0 saturated heterocycles. The van der Waals surface area contributed by atoms with E-state index in [0.717, 1.165) is 24.1 Å². The molecule has 0 aliphatic rings. The maximum Gasteiger partial charge on any atom is 0.238 e. The largest absolute Gasteiger partial charge is 0.325 e. The average Bonchev–Trinajstić information content (AvgIpc) is 2.62. The number of nitrogens with one attached hydrogen (secondary N) is 2. The molecule has 0 saturated carbocycles. The Kier molecular flexibility index (Phi) is 6.95. The Morgan fingerprint density at radius 3 is 2.30 bits per heavy atom. The molecule has 0 spiro atoms. The van der Waals surface area contributed by atoms with Crippen molar-refractivity contribution in [1.29, 1.82) is 0 Å². The number of hydrogen-bond donors (Lipinski definition) is 2. The van der Waals surface area contributed by atoms with Crippen LogP contribution in [0.2, 0.25) is 0 Å². The van der Waals surface area contributed by atoms with Gasteiger partial charge in [0.15, 0.2) is 17.5 Å². The lowest BCUT2D eigenvalue weighted by Gasteiger charge is -2.16. The van der Waals surface area contributed by atoms with E-state index in [4.69, 9.17) is 0 Å². The van der Waals surface area contributed by atoms with Gasteiger partial charge in [-0.15, -0.1) is 0 Å². The minimum absolute atomic E-state index is 0.0793. The summed E-state index contributed by atoms with van der Waals surface area (Å²) in [6, 6.07) is 9.05. The quantitative estimate of drug-likeness (QED) is 0.727. The first-order chi connectivity index (χ1) is 12.8. The summed E-state index contributed by atoms with van der Waals surface area (Å²) in [5, 5.41) is 4.88. The molecule has 2 aromatic rings. The van der Waals surface area contributed by atoms with Gasteiger partial charge in [-0.1, -0.05) is 19.1 Å². The Morgan fingerprint density at radius 2 is 1.63 bits per heavy atom. The van der Waals surface area contributed by atoms with Crippen LogP contribution in [0.5, 0.6) is 0 Å². The predicted octanol–water partition coefficient (Wildman–Crippen LogP) is 3.18. The van der Waals surface area contributed by atoms with Gasteiger partial charge in [-0.25, -0.2) is 13.2 Å². The Hall–Kier alpha value is -2.87. The van der Waals surface area contributed by atoms with Gasteiger partial charge < -0.3 is 10.6 Å². The highest BCUT2D eigenvalue weighted by Crippen LogP contribution is 2.19. The Labute approximate surface area is 155 Å². The van der Waals surface area contributed by atoms with Crippen LogP contribution in [-0.2, 0) is 16.0 Å². The lowest BCUT2D eigenvalue weighted by molar-refractivity contribution is -0.119. The van der Waals surface area contributed by atoms with Gasteiger partial charge in [0.05, 0.1) is 18.8 Å². The van der Waals surface area contributed by atoms with Crippen molar-refractivity contribution in [3.63, 3.8) is 0 Å². The van der Waals surface area contributed by atoms with Crippen LogP contribution in [0.15, 0.2) is 36.4 Å². The maximum absolute atomic E-state index is 13.6. The molecule has 0 unspecified atom stereocenters. The molecule has 0 heterocycles. The smallest absolute Gasteiger partial charge is 0.238 e. The molecule has 0 aliphatic heterocycles. The Balaban J connectivity index is 1.87. The third kappa shape index (κ3) is 5.82. The molecule has 5 nitrogen and oxygen atoms in total. The van der Waals surface area contributed by atoms with Crippen molar-refractivity contribution in [2.24, 2.45) is 0 Å². The average molecular weight is 379 g/mol. The van der Waals surface area contributed by atoms with Crippen molar-refractivity contribution in [1.82, 2.24) is 4.90 Å². The van der Waals surface area contributed by atoms with Gasteiger partial charge in [-0.2, -0.15) is 0 Å². The van der Waals surface area contributed by atoms with Gasteiger partial charge >= 0.3 is 0 Å². The first-order valence-corrected chi connectivity index (χ1v) is 8.30. The Bertz CT molecular complexity index is 843. The van der Waals surface area contributed by atoms with Crippen LogP contribution in [0.4, 0.5) is 24.5 Å². The molecule has 2 amide bonds. The zero-order chi connectivity index (χ0) is 20.0. The van der Waals surface area contributed by atoms with Gasteiger partial charge in [0.1, 0.15) is 0 Å². The second-order valence-electron chi connectivity index (χ2n) is 6.05. The fourth-order valence-electron chi connectivity index (χ4n) is 2.43. The molecule has 2 aromatic carbocycles. The van der Waals surface area contributed by atoms with E-state index < -0.39 is 29.0 Å². The monoisotopic (exact) mass is 379 g/mol. The summed E-state index contributed by atoms with van der Waals surface area (Å²) in [4.78, 5) is 25.4. The first-order valence-electron chi connectivity index (χ1n) is 8.30. The van der Waals surface area contributed by atoms with E-state index in [1.165, 1.54) is 11.9 Å². The minimum Gasteiger partial charge on any atom is -0.325 e. The number of anilines is 2. The van der Waals surface area contributed by atoms with E-state index in [1.54, 1.807) is 6.07 Å². The summed E-state index contributed by atoms with van der Waals surface area (Å²) in [5.41, 5.74) is 1.27. The number of likely N-dealkylation sites (N-methyl/N-ethyl adjacent to an activating group) is 1. The predicted molar refractivity (Wildman–Crippen MR) is 96.9 cm³/mol. The highest BCUT2D eigenvalue weighted by molar-refractivity contribution is 5.94. The van der Waals surface area contributed by atoms with Crippen LogP contribution in [0.25, 0.3) is 0 Å². The topological polar surface area (TPSA) is 61.4 Å². The summed E-state index contributed by atoms with van der Waals surface area (Å²) >= 11 is 0. The number of aryl methyl sites for hydroxylation is 1. The minimum atomic E-state index is -1.66. The van der Waals surface area contributed by atoms with E-state index in [9.17, 15) is 22.8 Å². The number of carbonyl (C=O) groups excluding carboxylic acids is 2. The molecule has 0 atom stereocenters. The van der Waals surface area contributed by atoms with Crippen molar-refractivity contribution in [2.75, 3.05) is 30.8 Å². The van der Waals surface area contributed by atoms with Crippen molar-refractivity contribution in [3.05, 3.63) is 59.4 Å². The molecular formula is C19H20F3N3O2. The Morgan fingerprint density at radius 1 is 0.963 bits per heavy atom. The second-order valence-corrected chi connectivity index (χ2v) is 6.05. The number of amides is 2. The van der Waals surface area contributed by atoms with Crippen LogP contribution >= 0.6 is 0 Å². The van der Waals surface area contributed by atoms with Crippen LogP contribution in [-0.4, -0.2) is 36.9 Å². The summed E-state index contributed by atoms with van der Waals surface area (Å²) in [6.07, 6.45) is 0.838. The van der Waals surface area contributed by atoms with Crippen LogP contribution in [0.3, 0.4) is 0 Å². The molecule has 0 fully saturated rings. The molecule has 0 aromatic heterocycles. The second kappa shape index (κ2) is 9.18. The fourth-order valence-corrected chi connectivity index (χ4v) is 2.43. The van der Waals surface area contributed by atoms with Gasteiger partial charge in [0.2, 0.25) is 11.8 Å². The number of rotatable bonds is 7. The highest BCUT2D eigenvalue weighted by Gasteiger charge is 2.17. The normalized spacial score (nSPS) is 10.7. The lowest BCUT2D eigenvalue weighted by atomic mass is 10.1. The zero-order valence-electron chi connectivity index (χ0n) is 15.0. The number of benzene rings is 2. The van der Waals surface area contributed by atoms with Crippen LogP contribution < -0.4 is 10.6 Å². The van der Waals surface area contributed by atoms with E-state index in [1.807, 2.05) is 25.1 Å². The number of carbonyl (C=O) groups is 2. The fraction of sp³-hybridized carbons (Fsp3) is 0.263. The van der Waals surface area contributed by atoms with Crippen molar-refractivity contribution >= 4 is 23.2 Å². The maximum atomic E-state index is 13.6. The number of hydrogen-bond acceptors (Lipinski definition) is 3. The van der Waals surface area contributed by atoms with E-state index in [0.29, 0.717) is 5.69 Å². The molecule has 0 aliphatic carbocycles. The summed E-state index contributed by atoms with van der Waals surface area (Å²) in [5.74, 6) is -5.46. The van der Waals surface area contributed by atoms with E-state index >= 15 is 0 Å². The molecule has 2 rings (SSSR count). The van der Waals surface area contributed by atoms with Gasteiger partial charge in [-0.05, 0) is 43.3 Å². The molecule has 8 heteroatoms. The zero-order valence-corrected chi connectivity index (χ0v) is 15.0. The molecule has 0 radical (unpaired) electrons. The molecule has 2 N–H and O–H groups in total. The first kappa shape index (κ1) is 20.4. The van der Waals surface area contributed by atoms with Gasteiger partial charge in [0, 0.05) is 5.69 Å². The summed E-state index contributed by atoms with van der Waals surface area (Å²) < 4.78 is 39.6. The number of halogens is 3.